The van der Waals surface area contributed by atoms with Gasteiger partial charge in [0, 0.05) is 11.6 Å². The summed E-state index contributed by atoms with van der Waals surface area (Å²) in [5.74, 6) is 0.612. The standard InChI is InChI=1S/C17H30N4O3/c1-6-13(24-15(22)19-17(5)7-8-17)11-23-10-12-9-14(18)21(20-12)16(2,3)4/h9,13H,6-8,10-11,18H2,1-5H3,(H,19,22). The highest BCUT2D eigenvalue weighted by Crippen LogP contribution is 2.34. The van der Waals surface area contributed by atoms with Crippen molar-refractivity contribution in [2.75, 3.05) is 12.3 Å². The first kappa shape index (κ1) is 18.6. The number of nitrogen functional groups attached to an aromatic ring is 1. The first-order valence-electron chi connectivity index (χ1n) is 8.54. The molecule has 1 atom stereocenters. The van der Waals surface area contributed by atoms with E-state index < -0.39 is 0 Å². The number of rotatable bonds is 7. The molecule has 1 unspecified atom stereocenters. The van der Waals surface area contributed by atoms with Gasteiger partial charge in [0.2, 0.25) is 0 Å². The molecule has 1 saturated carbocycles. The van der Waals surface area contributed by atoms with E-state index in [1.54, 1.807) is 4.68 Å². The molecule has 0 spiro atoms. The largest absolute Gasteiger partial charge is 0.444 e. The maximum Gasteiger partial charge on any atom is 0.407 e. The fourth-order valence-corrected chi connectivity index (χ4v) is 2.32. The van der Waals surface area contributed by atoms with E-state index >= 15 is 0 Å². The molecule has 1 fully saturated rings. The molecule has 0 radical (unpaired) electrons. The summed E-state index contributed by atoms with van der Waals surface area (Å²) in [6.07, 6.45) is 2.07. The molecule has 1 amide bonds. The van der Waals surface area contributed by atoms with Crippen LogP contribution in [-0.2, 0) is 21.6 Å². The highest BCUT2D eigenvalue weighted by atomic mass is 16.6. The Balaban J connectivity index is 1.78. The monoisotopic (exact) mass is 338 g/mol. The van der Waals surface area contributed by atoms with Gasteiger partial charge in [0.05, 0.1) is 24.4 Å². The Hall–Kier alpha value is -1.76. The fraction of sp³-hybridized carbons (Fsp3) is 0.765. The summed E-state index contributed by atoms with van der Waals surface area (Å²) < 4.78 is 12.9. The topological polar surface area (TPSA) is 91.4 Å². The molecular weight excluding hydrogens is 308 g/mol. The number of carbonyl (C=O) groups excluding carboxylic acids is 1. The third-order valence-electron chi connectivity index (χ3n) is 4.11. The second-order valence-electron chi connectivity index (χ2n) is 7.78. The molecule has 0 aromatic carbocycles. The van der Waals surface area contributed by atoms with Crippen LogP contribution in [0.25, 0.3) is 0 Å². The van der Waals surface area contributed by atoms with Gasteiger partial charge in [-0.2, -0.15) is 5.10 Å². The van der Waals surface area contributed by atoms with E-state index in [1.807, 2.05) is 40.7 Å². The minimum Gasteiger partial charge on any atom is -0.444 e. The Morgan fingerprint density at radius 2 is 2.17 bits per heavy atom. The summed E-state index contributed by atoms with van der Waals surface area (Å²) in [7, 11) is 0. The number of nitrogens with one attached hydrogen (secondary N) is 1. The fourth-order valence-electron chi connectivity index (χ4n) is 2.32. The number of anilines is 1. The molecule has 0 aliphatic heterocycles. The van der Waals surface area contributed by atoms with Gasteiger partial charge in [-0.15, -0.1) is 0 Å². The molecule has 24 heavy (non-hydrogen) atoms. The number of nitrogens with two attached hydrogens (primary N) is 1. The number of ether oxygens (including phenoxy) is 2. The predicted molar refractivity (Wildman–Crippen MR) is 92.6 cm³/mol. The van der Waals surface area contributed by atoms with E-state index in [2.05, 4.69) is 10.4 Å². The molecule has 3 N–H and O–H groups in total. The lowest BCUT2D eigenvalue weighted by atomic mass is 10.1. The summed E-state index contributed by atoms with van der Waals surface area (Å²) in [5.41, 5.74) is 6.51. The van der Waals surface area contributed by atoms with Crippen LogP contribution in [0.2, 0.25) is 0 Å². The lowest BCUT2D eigenvalue weighted by Crippen LogP contribution is -2.37. The first-order chi connectivity index (χ1) is 11.1. The van der Waals surface area contributed by atoms with Gasteiger partial charge in [0.15, 0.2) is 0 Å². The van der Waals surface area contributed by atoms with E-state index in [0.29, 0.717) is 25.5 Å². The summed E-state index contributed by atoms with van der Waals surface area (Å²) in [5, 5.41) is 7.35. The smallest absolute Gasteiger partial charge is 0.407 e. The van der Waals surface area contributed by atoms with E-state index in [0.717, 1.165) is 18.5 Å². The quantitative estimate of drug-likeness (QED) is 0.797. The third kappa shape index (κ3) is 5.12. The van der Waals surface area contributed by atoms with Gasteiger partial charge in [-0.3, -0.25) is 0 Å². The number of amides is 1. The van der Waals surface area contributed by atoms with Gasteiger partial charge in [-0.05, 0) is 47.0 Å². The molecule has 1 aromatic rings. The second kappa shape index (κ2) is 7.01. The van der Waals surface area contributed by atoms with Crippen LogP contribution >= 0.6 is 0 Å². The minimum atomic E-state index is -0.369. The van der Waals surface area contributed by atoms with Crippen LogP contribution in [0.15, 0.2) is 6.07 Å². The van der Waals surface area contributed by atoms with Gasteiger partial charge in [0.25, 0.3) is 0 Å². The highest BCUT2D eigenvalue weighted by molar-refractivity contribution is 5.69. The maximum absolute atomic E-state index is 11.8. The summed E-state index contributed by atoms with van der Waals surface area (Å²) in [4.78, 5) is 11.8. The van der Waals surface area contributed by atoms with Crippen molar-refractivity contribution in [1.29, 1.82) is 0 Å². The Morgan fingerprint density at radius 1 is 1.50 bits per heavy atom. The van der Waals surface area contributed by atoms with Gasteiger partial charge in [-0.1, -0.05) is 6.92 Å². The van der Waals surface area contributed by atoms with Crippen LogP contribution < -0.4 is 11.1 Å². The Kier molecular flexibility index (Phi) is 5.42. The average Bonchev–Trinajstić information content (AvgIpc) is 3.04. The van der Waals surface area contributed by atoms with Crippen LogP contribution in [0.5, 0.6) is 0 Å². The summed E-state index contributed by atoms with van der Waals surface area (Å²) in [6, 6.07) is 1.81. The Labute approximate surface area is 143 Å². The van der Waals surface area contributed by atoms with Gasteiger partial charge in [-0.25, -0.2) is 9.48 Å². The lowest BCUT2D eigenvalue weighted by Gasteiger charge is -2.20. The van der Waals surface area contributed by atoms with Crippen LogP contribution in [0, 0.1) is 0 Å². The molecule has 1 aliphatic rings. The number of hydrogen-bond acceptors (Lipinski definition) is 5. The van der Waals surface area contributed by atoms with Crippen molar-refractivity contribution in [1.82, 2.24) is 15.1 Å². The van der Waals surface area contributed by atoms with Gasteiger partial charge >= 0.3 is 6.09 Å². The van der Waals surface area contributed by atoms with Crippen molar-refractivity contribution in [2.24, 2.45) is 0 Å². The van der Waals surface area contributed by atoms with E-state index in [9.17, 15) is 4.79 Å². The van der Waals surface area contributed by atoms with Crippen LogP contribution in [-0.4, -0.2) is 34.1 Å². The van der Waals surface area contributed by atoms with Gasteiger partial charge in [0.1, 0.15) is 11.9 Å². The molecule has 1 aromatic heterocycles. The zero-order valence-corrected chi connectivity index (χ0v) is 15.4. The van der Waals surface area contributed by atoms with Crippen molar-refractivity contribution in [2.45, 2.75) is 77.7 Å². The molecule has 7 nitrogen and oxygen atoms in total. The maximum atomic E-state index is 11.8. The van der Waals surface area contributed by atoms with Crippen molar-refractivity contribution in [3.8, 4) is 0 Å². The highest BCUT2D eigenvalue weighted by Gasteiger charge is 2.39. The molecule has 136 valence electrons. The minimum absolute atomic E-state index is 0.0758. The second-order valence-corrected chi connectivity index (χ2v) is 7.78. The van der Waals surface area contributed by atoms with Crippen molar-refractivity contribution < 1.29 is 14.3 Å². The summed E-state index contributed by atoms with van der Waals surface area (Å²) >= 11 is 0. The third-order valence-corrected chi connectivity index (χ3v) is 4.11. The van der Waals surface area contributed by atoms with Crippen molar-refractivity contribution in [3.63, 3.8) is 0 Å². The molecule has 2 rings (SSSR count). The first-order valence-corrected chi connectivity index (χ1v) is 8.54. The lowest BCUT2D eigenvalue weighted by molar-refractivity contribution is 0.00970. The molecular formula is C17H30N4O3. The molecule has 1 aliphatic carbocycles. The SMILES string of the molecule is CCC(COCc1cc(N)n(C(C)(C)C)n1)OC(=O)NC1(C)CC1. The summed E-state index contributed by atoms with van der Waals surface area (Å²) in [6.45, 7) is 10.8. The van der Waals surface area contributed by atoms with E-state index in [4.69, 9.17) is 15.2 Å². The molecule has 7 heteroatoms. The van der Waals surface area contributed by atoms with E-state index in [-0.39, 0.29) is 23.3 Å². The number of nitrogens with zero attached hydrogens (tertiary/aromatic N) is 2. The number of hydrogen-bond donors (Lipinski definition) is 2. The Morgan fingerprint density at radius 3 is 2.67 bits per heavy atom. The molecule has 1 heterocycles. The Bertz CT molecular complexity index is 573. The number of carbonyl (C=O) groups is 1. The van der Waals surface area contributed by atoms with Crippen molar-refractivity contribution >= 4 is 11.9 Å². The molecule has 0 bridgehead atoms. The van der Waals surface area contributed by atoms with E-state index in [1.165, 1.54) is 0 Å². The van der Waals surface area contributed by atoms with Crippen LogP contribution in [0.4, 0.5) is 10.6 Å². The molecule has 0 saturated heterocycles. The van der Waals surface area contributed by atoms with Gasteiger partial charge < -0.3 is 20.5 Å². The zero-order valence-electron chi connectivity index (χ0n) is 15.4. The predicted octanol–water partition coefficient (Wildman–Crippen LogP) is 2.79. The number of alkyl carbamates (subject to hydrolysis) is 1. The average molecular weight is 338 g/mol. The number of aromatic nitrogens is 2. The normalized spacial score (nSPS) is 17.4. The van der Waals surface area contributed by atoms with Crippen molar-refractivity contribution in [3.05, 3.63) is 11.8 Å². The van der Waals surface area contributed by atoms with Crippen LogP contribution in [0.3, 0.4) is 0 Å². The van der Waals surface area contributed by atoms with Crippen LogP contribution in [0.1, 0.15) is 59.6 Å². The zero-order chi connectivity index (χ0) is 18.0.